The molecule has 1 aromatic rings. The number of carbonyl (C=O) groups is 1. The van der Waals surface area contributed by atoms with Crippen LogP contribution in [0.1, 0.15) is 23.2 Å². The van der Waals surface area contributed by atoms with Crippen molar-refractivity contribution < 1.29 is 9.53 Å². The van der Waals surface area contributed by atoms with Gasteiger partial charge in [-0.05, 0) is 25.0 Å². The van der Waals surface area contributed by atoms with Crippen LogP contribution in [0.2, 0.25) is 0 Å². The number of hydrogen-bond acceptors (Lipinski definition) is 5. The van der Waals surface area contributed by atoms with Gasteiger partial charge in [0.2, 0.25) is 0 Å². The number of esters is 1. The molecule has 0 radical (unpaired) electrons. The minimum atomic E-state index is -0.344. The Bertz CT molecular complexity index is 406. The Hall–Kier alpha value is -1.33. The Kier molecular flexibility index (Phi) is 5.37. The van der Waals surface area contributed by atoms with Crippen molar-refractivity contribution in [2.45, 2.75) is 18.9 Å². The number of halogens is 1. The molecule has 1 saturated heterocycles. The fourth-order valence-electron chi connectivity index (χ4n) is 2.03. The highest BCUT2D eigenvalue weighted by Gasteiger charge is 2.22. The van der Waals surface area contributed by atoms with Gasteiger partial charge >= 0.3 is 5.97 Å². The summed E-state index contributed by atoms with van der Waals surface area (Å²) in [5, 5.41) is 0. The minimum Gasteiger partial charge on any atom is -0.465 e. The number of nitrogens with two attached hydrogens (primary N) is 1. The first-order valence-corrected chi connectivity index (χ1v) is 5.76. The molecule has 2 heterocycles. The van der Waals surface area contributed by atoms with Crippen molar-refractivity contribution in [2.24, 2.45) is 5.73 Å². The summed E-state index contributed by atoms with van der Waals surface area (Å²) in [6, 6.07) is 3.74. The van der Waals surface area contributed by atoms with Gasteiger partial charge in [0.1, 0.15) is 11.4 Å². The van der Waals surface area contributed by atoms with E-state index in [1.54, 1.807) is 18.3 Å². The third-order valence-corrected chi connectivity index (χ3v) is 3.03. The smallest absolute Gasteiger partial charge is 0.341 e. The van der Waals surface area contributed by atoms with Gasteiger partial charge in [-0.2, -0.15) is 0 Å². The maximum absolute atomic E-state index is 11.6. The van der Waals surface area contributed by atoms with E-state index < -0.39 is 0 Å². The molecule has 1 aliphatic heterocycles. The number of carbonyl (C=O) groups excluding carboxylic acids is 1. The van der Waals surface area contributed by atoms with Gasteiger partial charge in [-0.3, -0.25) is 0 Å². The molecule has 100 valence electrons. The highest BCUT2D eigenvalue weighted by Crippen LogP contribution is 2.21. The molecule has 5 nitrogen and oxygen atoms in total. The van der Waals surface area contributed by atoms with Gasteiger partial charge in [0.05, 0.1) is 7.11 Å². The lowest BCUT2D eigenvalue weighted by Crippen LogP contribution is -2.40. The van der Waals surface area contributed by atoms with Crippen LogP contribution < -0.4 is 10.6 Å². The molecular formula is C12H18ClN3O2. The minimum absolute atomic E-state index is 0. The van der Waals surface area contributed by atoms with E-state index in [9.17, 15) is 4.79 Å². The average Bonchev–Trinajstić information content (AvgIpc) is 2.39. The van der Waals surface area contributed by atoms with Crippen molar-refractivity contribution in [2.75, 3.05) is 25.1 Å². The van der Waals surface area contributed by atoms with Gasteiger partial charge in [0, 0.05) is 25.3 Å². The zero-order valence-corrected chi connectivity index (χ0v) is 11.2. The highest BCUT2D eigenvalue weighted by atomic mass is 35.5. The molecule has 2 rings (SSSR count). The average molecular weight is 272 g/mol. The highest BCUT2D eigenvalue weighted by molar-refractivity contribution is 5.94. The number of hydrogen-bond donors (Lipinski definition) is 1. The number of anilines is 1. The number of methoxy groups -OCH3 is 1. The Balaban J connectivity index is 0.00000162. The van der Waals surface area contributed by atoms with E-state index in [0.717, 1.165) is 25.9 Å². The van der Waals surface area contributed by atoms with Crippen LogP contribution in [0.5, 0.6) is 0 Å². The molecular weight excluding hydrogens is 254 g/mol. The van der Waals surface area contributed by atoms with Gasteiger partial charge in [-0.1, -0.05) is 0 Å². The lowest BCUT2D eigenvalue weighted by molar-refractivity contribution is 0.0601. The molecule has 1 aliphatic rings. The number of piperidine rings is 1. The molecule has 0 spiro atoms. The van der Waals surface area contributed by atoms with Gasteiger partial charge < -0.3 is 15.4 Å². The molecule has 0 aromatic carbocycles. The van der Waals surface area contributed by atoms with E-state index in [0.29, 0.717) is 11.4 Å². The summed E-state index contributed by atoms with van der Waals surface area (Å²) in [6.07, 6.45) is 3.55. The predicted octanol–water partition coefficient (Wildman–Crippen LogP) is 1.22. The quantitative estimate of drug-likeness (QED) is 0.819. The monoisotopic (exact) mass is 271 g/mol. The topological polar surface area (TPSA) is 68.5 Å². The molecule has 2 N–H and O–H groups in total. The van der Waals surface area contributed by atoms with Crippen LogP contribution in [0, 0.1) is 0 Å². The molecule has 1 aromatic heterocycles. The zero-order chi connectivity index (χ0) is 12.3. The summed E-state index contributed by atoms with van der Waals surface area (Å²) in [6.45, 7) is 1.67. The summed E-state index contributed by atoms with van der Waals surface area (Å²) in [5.74, 6) is 0.356. The molecule has 1 fully saturated rings. The first-order chi connectivity index (χ1) is 8.22. The number of rotatable bonds is 2. The van der Waals surface area contributed by atoms with Crippen molar-refractivity contribution >= 4 is 24.2 Å². The number of ether oxygens (including phenoxy) is 1. The molecule has 6 heteroatoms. The van der Waals surface area contributed by atoms with Gasteiger partial charge in [0.15, 0.2) is 0 Å². The fourth-order valence-corrected chi connectivity index (χ4v) is 2.03. The second-order valence-electron chi connectivity index (χ2n) is 4.19. The zero-order valence-electron chi connectivity index (χ0n) is 10.3. The SMILES string of the molecule is COC(=O)c1cccnc1N1CCC(N)CC1.Cl. The first kappa shape index (κ1) is 14.7. The third-order valence-electron chi connectivity index (χ3n) is 3.03. The Morgan fingerprint density at radius 3 is 2.78 bits per heavy atom. The van der Waals surface area contributed by atoms with Crippen molar-refractivity contribution in [1.29, 1.82) is 0 Å². The molecule has 0 atom stereocenters. The Morgan fingerprint density at radius 1 is 1.50 bits per heavy atom. The van der Waals surface area contributed by atoms with E-state index in [4.69, 9.17) is 10.5 Å². The number of nitrogens with zero attached hydrogens (tertiary/aromatic N) is 2. The molecule has 0 amide bonds. The van der Waals surface area contributed by atoms with E-state index in [1.165, 1.54) is 7.11 Å². The van der Waals surface area contributed by atoms with Crippen LogP contribution in [0.25, 0.3) is 0 Å². The molecule has 0 unspecified atom stereocenters. The van der Waals surface area contributed by atoms with Crippen LogP contribution in [-0.4, -0.2) is 37.2 Å². The van der Waals surface area contributed by atoms with E-state index in [2.05, 4.69) is 9.88 Å². The van der Waals surface area contributed by atoms with Gasteiger partial charge in [0.25, 0.3) is 0 Å². The van der Waals surface area contributed by atoms with Crippen molar-refractivity contribution in [3.8, 4) is 0 Å². The summed E-state index contributed by atoms with van der Waals surface area (Å²) in [4.78, 5) is 18.0. The van der Waals surface area contributed by atoms with Gasteiger partial charge in [-0.25, -0.2) is 9.78 Å². The van der Waals surface area contributed by atoms with Crippen molar-refractivity contribution in [3.05, 3.63) is 23.9 Å². The largest absolute Gasteiger partial charge is 0.465 e. The van der Waals surface area contributed by atoms with E-state index in [1.807, 2.05) is 0 Å². The number of pyridine rings is 1. The maximum atomic E-state index is 11.6. The molecule has 0 saturated carbocycles. The fraction of sp³-hybridized carbons (Fsp3) is 0.500. The normalized spacial score (nSPS) is 16.0. The van der Waals surface area contributed by atoms with Crippen molar-refractivity contribution in [1.82, 2.24) is 4.98 Å². The van der Waals surface area contributed by atoms with Crippen LogP contribution in [0.4, 0.5) is 5.82 Å². The summed E-state index contributed by atoms with van der Waals surface area (Å²) >= 11 is 0. The summed E-state index contributed by atoms with van der Waals surface area (Å²) in [5.41, 5.74) is 6.38. The molecule has 18 heavy (non-hydrogen) atoms. The first-order valence-electron chi connectivity index (χ1n) is 5.76. The van der Waals surface area contributed by atoms with Crippen LogP contribution in [0.15, 0.2) is 18.3 Å². The van der Waals surface area contributed by atoms with Crippen LogP contribution in [0.3, 0.4) is 0 Å². The lowest BCUT2D eigenvalue weighted by Gasteiger charge is -2.31. The standard InChI is InChI=1S/C12H17N3O2.ClH/c1-17-12(16)10-3-2-6-14-11(10)15-7-4-9(13)5-8-15;/h2-3,6,9H,4-5,7-8,13H2,1H3;1H. The van der Waals surface area contributed by atoms with E-state index in [-0.39, 0.29) is 24.4 Å². The third kappa shape index (κ3) is 3.11. The van der Waals surface area contributed by atoms with Crippen LogP contribution >= 0.6 is 12.4 Å². The van der Waals surface area contributed by atoms with Gasteiger partial charge in [-0.15, -0.1) is 12.4 Å². The molecule has 0 bridgehead atoms. The summed E-state index contributed by atoms with van der Waals surface area (Å²) in [7, 11) is 1.38. The van der Waals surface area contributed by atoms with Crippen LogP contribution in [-0.2, 0) is 4.74 Å². The Labute approximate surface area is 113 Å². The lowest BCUT2D eigenvalue weighted by atomic mass is 10.1. The van der Waals surface area contributed by atoms with E-state index >= 15 is 0 Å². The summed E-state index contributed by atoms with van der Waals surface area (Å²) < 4.78 is 4.76. The molecule has 0 aliphatic carbocycles. The number of aromatic nitrogens is 1. The maximum Gasteiger partial charge on any atom is 0.341 e. The Morgan fingerprint density at radius 2 is 2.17 bits per heavy atom. The van der Waals surface area contributed by atoms with Crippen molar-refractivity contribution in [3.63, 3.8) is 0 Å². The predicted molar refractivity (Wildman–Crippen MR) is 72.2 cm³/mol. The second-order valence-corrected chi connectivity index (χ2v) is 4.19. The second kappa shape index (κ2) is 6.56.